The number of carbonyl (C=O) groups excluding carboxylic acids is 1. The highest BCUT2D eigenvalue weighted by Gasteiger charge is 2.20. The van der Waals surface area contributed by atoms with Crippen LogP contribution in [0.1, 0.15) is 6.92 Å². The zero-order chi connectivity index (χ0) is 9.84. The summed E-state index contributed by atoms with van der Waals surface area (Å²) in [6.07, 6.45) is 0. The molecule has 0 aliphatic carbocycles. The van der Waals surface area contributed by atoms with Crippen molar-refractivity contribution in [1.29, 1.82) is 0 Å². The highest BCUT2D eigenvalue weighted by Crippen LogP contribution is 2.15. The maximum atomic E-state index is 10.8. The van der Waals surface area contributed by atoms with Crippen molar-refractivity contribution in [3.05, 3.63) is 0 Å². The molecule has 1 rings (SSSR count). The van der Waals surface area contributed by atoms with E-state index < -0.39 is 0 Å². The van der Waals surface area contributed by atoms with Crippen molar-refractivity contribution < 1.29 is 4.79 Å². The van der Waals surface area contributed by atoms with Crippen molar-refractivity contribution in [2.45, 2.75) is 6.92 Å². The summed E-state index contributed by atoms with van der Waals surface area (Å²) in [7, 11) is 4.25. The Labute approximate surface area is 84.5 Å². The summed E-state index contributed by atoms with van der Waals surface area (Å²) in [5.74, 6) is 1.60. The molecule has 0 spiro atoms. The van der Waals surface area contributed by atoms with E-state index in [0.29, 0.717) is 5.92 Å². The Morgan fingerprint density at radius 2 is 1.92 bits per heavy atom. The molecule has 0 amide bonds. The van der Waals surface area contributed by atoms with Gasteiger partial charge >= 0.3 is 0 Å². The number of carbonyl (C=O) groups is 1. The van der Waals surface area contributed by atoms with Crippen LogP contribution < -0.4 is 0 Å². The van der Waals surface area contributed by atoms with Gasteiger partial charge in [0.2, 0.25) is 0 Å². The fourth-order valence-electron chi connectivity index (χ4n) is 1.81. The fourth-order valence-corrected chi connectivity index (χ4v) is 2.49. The summed E-state index contributed by atoms with van der Waals surface area (Å²) in [4.78, 5) is 15.4. The molecule has 0 saturated carbocycles. The number of hydrogen-bond donors (Lipinski definition) is 0. The molecule has 0 atom stereocenters. The van der Waals surface area contributed by atoms with Gasteiger partial charge in [-0.15, -0.1) is 0 Å². The van der Waals surface area contributed by atoms with Crippen molar-refractivity contribution >= 4 is 16.9 Å². The molecule has 0 aromatic carbocycles. The highest BCUT2D eigenvalue weighted by molar-refractivity contribution is 8.13. The Morgan fingerprint density at radius 1 is 1.38 bits per heavy atom. The van der Waals surface area contributed by atoms with Gasteiger partial charge in [-0.25, -0.2) is 0 Å². The second-order valence-corrected chi connectivity index (χ2v) is 5.08. The van der Waals surface area contributed by atoms with Gasteiger partial charge in [-0.05, 0) is 20.0 Å². The van der Waals surface area contributed by atoms with Crippen LogP contribution in [-0.4, -0.2) is 54.5 Å². The summed E-state index contributed by atoms with van der Waals surface area (Å²) in [5.41, 5.74) is 0. The van der Waals surface area contributed by atoms with Crippen LogP contribution in [0.3, 0.4) is 0 Å². The van der Waals surface area contributed by atoms with Gasteiger partial charge in [0, 0.05) is 25.8 Å². The first-order valence-electron chi connectivity index (χ1n) is 4.58. The zero-order valence-corrected chi connectivity index (χ0v) is 9.43. The van der Waals surface area contributed by atoms with Gasteiger partial charge < -0.3 is 0 Å². The van der Waals surface area contributed by atoms with Gasteiger partial charge in [-0.3, -0.25) is 14.6 Å². The number of hydrogen-bond acceptors (Lipinski definition) is 4. The molecule has 3 nitrogen and oxygen atoms in total. The molecule has 1 fully saturated rings. The minimum absolute atomic E-state index is 0.232. The monoisotopic (exact) mass is 202 g/mol. The third-order valence-electron chi connectivity index (χ3n) is 2.14. The Balaban J connectivity index is 2.28. The summed E-state index contributed by atoms with van der Waals surface area (Å²) < 4.78 is 0. The SMILES string of the molecule is CC(=O)SCC1CN(C)CN(C)C1. The van der Waals surface area contributed by atoms with Crippen molar-refractivity contribution in [1.82, 2.24) is 9.80 Å². The maximum absolute atomic E-state index is 10.8. The Morgan fingerprint density at radius 3 is 2.38 bits per heavy atom. The van der Waals surface area contributed by atoms with Crippen LogP contribution >= 0.6 is 11.8 Å². The number of thioether (sulfide) groups is 1. The van der Waals surface area contributed by atoms with Crippen LogP contribution in [0.25, 0.3) is 0 Å². The van der Waals surface area contributed by atoms with E-state index in [0.717, 1.165) is 25.5 Å². The van der Waals surface area contributed by atoms with E-state index >= 15 is 0 Å². The second-order valence-electron chi connectivity index (χ2n) is 3.89. The largest absolute Gasteiger partial charge is 0.293 e. The normalized spacial score (nSPS) is 22.1. The summed E-state index contributed by atoms with van der Waals surface area (Å²) in [6, 6.07) is 0. The first-order valence-corrected chi connectivity index (χ1v) is 5.57. The molecule has 0 unspecified atom stereocenters. The third-order valence-corrected chi connectivity index (χ3v) is 3.19. The van der Waals surface area contributed by atoms with Gasteiger partial charge in [-0.1, -0.05) is 11.8 Å². The fraction of sp³-hybridized carbons (Fsp3) is 0.889. The molecule has 0 N–H and O–H groups in total. The first kappa shape index (κ1) is 11.0. The molecule has 1 saturated heterocycles. The Kier molecular flexibility index (Phi) is 4.22. The van der Waals surface area contributed by atoms with Gasteiger partial charge in [0.15, 0.2) is 5.12 Å². The van der Waals surface area contributed by atoms with Crippen LogP contribution in [-0.2, 0) is 4.79 Å². The van der Waals surface area contributed by atoms with Crippen LogP contribution in [0.4, 0.5) is 0 Å². The smallest absolute Gasteiger partial charge is 0.185 e. The van der Waals surface area contributed by atoms with Crippen molar-refractivity contribution in [3.8, 4) is 0 Å². The molecule has 0 bridgehead atoms. The van der Waals surface area contributed by atoms with E-state index in [-0.39, 0.29) is 5.12 Å². The molecule has 76 valence electrons. The summed E-state index contributed by atoms with van der Waals surface area (Å²) in [6.45, 7) is 4.91. The van der Waals surface area contributed by atoms with Gasteiger partial charge in [0.1, 0.15) is 0 Å². The molecule has 1 heterocycles. The summed E-state index contributed by atoms with van der Waals surface area (Å²) >= 11 is 1.45. The van der Waals surface area contributed by atoms with Gasteiger partial charge in [0.25, 0.3) is 0 Å². The molecule has 0 aromatic heterocycles. The van der Waals surface area contributed by atoms with E-state index in [9.17, 15) is 4.79 Å². The highest BCUT2D eigenvalue weighted by atomic mass is 32.2. The molecular formula is C9H18N2OS. The second kappa shape index (κ2) is 4.98. The lowest BCUT2D eigenvalue weighted by Gasteiger charge is -2.35. The predicted molar refractivity (Wildman–Crippen MR) is 56.8 cm³/mol. The lowest BCUT2D eigenvalue weighted by atomic mass is 10.1. The van der Waals surface area contributed by atoms with Crippen molar-refractivity contribution in [3.63, 3.8) is 0 Å². The van der Waals surface area contributed by atoms with Crippen LogP contribution in [0, 0.1) is 5.92 Å². The summed E-state index contributed by atoms with van der Waals surface area (Å²) in [5, 5.41) is 0.232. The standard InChI is InChI=1S/C9H18N2OS/c1-8(12)13-6-9-4-10(2)7-11(3)5-9/h9H,4-7H2,1-3H3. The minimum atomic E-state index is 0.232. The van der Waals surface area contributed by atoms with Crippen LogP contribution in [0.2, 0.25) is 0 Å². The lowest BCUT2D eigenvalue weighted by Crippen LogP contribution is -2.46. The minimum Gasteiger partial charge on any atom is -0.293 e. The average molecular weight is 202 g/mol. The third kappa shape index (κ3) is 4.11. The Bertz CT molecular complexity index is 176. The van der Waals surface area contributed by atoms with E-state index in [1.807, 2.05) is 0 Å². The van der Waals surface area contributed by atoms with Gasteiger partial charge in [-0.2, -0.15) is 0 Å². The van der Waals surface area contributed by atoms with E-state index in [2.05, 4.69) is 23.9 Å². The van der Waals surface area contributed by atoms with Gasteiger partial charge in [0.05, 0.1) is 6.67 Å². The van der Waals surface area contributed by atoms with E-state index in [4.69, 9.17) is 0 Å². The average Bonchev–Trinajstić information content (AvgIpc) is 1.99. The predicted octanol–water partition coefficient (Wildman–Crippen LogP) is 0.717. The first-order chi connectivity index (χ1) is 6.08. The van der Waals surface area contributed by atoms with Crippen LogP contribution in [0.15, 0.2) is 0 Å². The van der Waals surface area contributed by atoms with Crippen molar-refractivity contribution in [2.75, 3.05) is 39.6 Å². The maximum Gasteiger partial charge on any atom is 0.185 e. The molecule has 0 aromatic rings. The van der Waals surface area contributed by atoms with E-state index in [1.54, 1.807) is 6.92 Å². The van der Waals surface area contributed by atoms with Crippen molar-refractivity contribution in [2.24, 2.45) is 5.92 Å². The molecule has 1 aliphatic rings. The molecule has 1 aliphatic heterocycles. The zero-order valence-electron chi connectivity index (χ0n) is 8.62. The topological polar surface area (TPSA) is 23.6 Å². The molecule has 0 radical (unpaired) electrons. The number of rotatable bonds is 2. The Hall–Kier alpha value is -0.0600. The number of nitrogens with zero attached hydrogens (tertiary/aromatic N) is 2. The molecule has 13 heavy (non-hydrogen) atoms. The quantitative estimate of drug-likeness (QED) is 0.658. The van der Waals surface area contributed by atoms with Crippen LogP contribution in [0.5, 0.6) is 0 Å². The van der Waals surface area contributed by atoms with E-state index in [1.165, 1.54) is 11.8 Å². The molecular weight excluding hydrogens is 184 g/mol. The lowest BCUT2D eigenvalue weighted by molar-refractivity contribution is -0.109. The molecule has 4 heteroatoms.